The molecule has 1 unspecified atom stereocenters. The van der Waals surface area contributed by atoms with Crippen LogP contribution in [0.3, 0.4) is 0 Å². The van der Waals surface area contributed by atoms with Crippen molar-refractivity contribution in [2.45, 2.75) is 46.3 Å². The Hall–Kier alpha value is -0.860. The van der Waals surface area contributed by atoms with Crippen LogP contribution in [-0.2, 0) is 11.3 Å². The summed E-state index contributed by atoms with van der Waals surface area (Å²) in [6, 6.07) is 8.82. The lowest BCUT2D eigenvalue weighted by molar-refractivity contribution is 0.0518. The van der Waals surface area contributed by atoms with Gasteiger partial charge in [0.05, 0.1) is 6.10 Å². The van der Waals surface area contributed by atoms with Crippen molar-refractivity contribution < 1.29 is 4.74 Å². The van der Waals surface area contributed by atoms with E-state index in [1.165, 1.54) is 30.5 Å². The van der Waals surface area contributed by atoms with Crippen LogP contribution in [0.5, 0.6) is 0 Å². The summed E-state index contributed by atoms with van der Waals surface area (Å²) in [5.41, 5.74) is 2.77. The van der Waals surface area contributed by atoms with Gasteiger partial charge in [-0.15, -0.1) is 0 Å². The Morgan fingerprint density at radius 3 is 2.95 bits per heavy atom. The molecule has 0 saturated carbocycles. The van der Waals surface area contributed by atoms with Crippen LogP contribution in [0.25, 0.3) is 0 Å². The number of nitrogens with zero attached hydrogens (tertiary/aromatic N) is 1. The Bertz CT molecular complexity index is 389. The molecule has 106 valence electrons. The number of ether oxygens (including phenoxy) is 1. The Kier molecular flexibility index (Phi) is 5.41. The van der Waals surface area contributed by atoms with Gasteiger partial charge in [-0.1, -0.05) is 43.7 Å². The van der Waals surface area contributed by atoms with E-state index in [0.717, 1.165) is 25.6 Å². The van der Waals surface area contributed by atoms with Crippen molar-refractivity contribution in [3.05, 3.63) is 35.4 Å². The van der Waals surface area contributed by atoms with Crippen molar-refractivity contribution in [1.82, 2.24) is 4.90 Å². The number of likely N-dealkylation sites (tertiary alicyclic amines) is 1. The molecule has 0 N–H and O–H groups in total. The average Bonchev–Trinajstić information content (AvgIpc) is 2.76. The van der Waals surface area contributed by atoms with E-state index in [0.29, 0.717) is 6.10 Å². The molecule has 2 rings (SSSR count). The summed E-state index contributed by atoms with van der Waals surface area (Å²) in [4.78, 5) is 2.51. The van der Waals surface area contributed by atoms with Gasteiger partial charge in [0.1, 0.15) is 0 Å². The number of aryl methyl sites for hydroxylation is 1. The Morgan fingerprint density at radius 1 is 1.37 bits per heavy atom. The zero-order chi connectivity index (χ0) is 13.7. The minimum atomic E-state index is 0.448. The zero-order valence-corrected chi connectivity index (χ0v) is 12.6. The summed E-state index contributed by atoms with van der Waals surface area (Å²) < 4.78 is 5.96. The second-order valence-electron chi connectivity index (χ2n) is 6.19. The third kappa shape index (κ3) is 4.96. The number of hydrogen-bond acceptors (Lipinski definition) is 2. The van der Waals surface area contributed by atoms with Crippen molar-refractivity contribution >= 4 is 0 Å². The van der Waals surface area contributed by atoms with E-state index in [9.17, 15) is 0 Å². The molecule has 2 nitrogen and oxygen atoms in total. The topological polar surface area (TPSA) is 12.5 Å². The highest BCUT2D eigenvalue weighted by molar-refractivity contribution is 5.22. The SMILES string of the molecule is Cc1cccc(CN2CCC(OCCC(C)C)C2)c1. The molecule has 1 aliphatic rings. The molecule has 1 saturated heterocycles. The third-order valence-corrected chi connectivity index (χ3v) is 3.77. The minimum Gasteiger partial charge on any atom is -0.377 e. The maximum absolute atomic E-state index is 5.96. The van der Waals surface area contributed by atoms with Crippen LogP contribution in [-0.4, -0.2) is 30.7 Å². The molecule has 1 aliphatic heterocycles. The zero-order valence-electron chi connectivity index (χ0n) is 12.6. The fourth-order valence-electron chi connectivity index (χ4n) is 2.62. The number of hydrogen-bond donors (Lipinski definition) is 0. The van der Waals surface area contributed by atoms with Crippen LogP contribution in [0.4, 0.5) is 0 Å². The van der Waals surface area contributed by atoms with E-state index in [1.807, 2.05) is 0 Å². The van der Waals surface area contributed by atoms with Crippen LogP contribution < -0.4 is 0 Å². The van der Waals surface area contributed by atoms with Gasteiger partial charge in [-0.25, -0.2) is 0 Å². The molecule has 1 atom stereocenters. The Morgan fingerprint density at radius 2 is 2.21 bits per heavy atom. The molecule has 0 bridgehead atoms. The first-order valence-electron chi connectivity index (χ1n) is 7.53. The normalized spacial score (nSPS) is 20.3. The quantitative estimate of drug-likeness (QED) is 0.775. The van der Waals surface area contributed by atoms with Gasteiger partial charge in [0.25, 0.3) is 0 Å². The van der Waals surface area contributed by atoms with E-state index in [4.69, 9.17) is 4.74 Å². The first-order valence-corrected chi connectivity index (χ1v) is 7.53. The molecule has 0 aromatic heterocycles. The molecule has 1 aromatic carbocycles. The molecular weight excluding hydrogens is 234 g/mol. The minimum absolute atomic E-state index is 0.448. The van der Waals surface area contributed by atoms with Gasteiger partial charge in [0, 0.05) is 26.2 Å². The van der Waals surface area contributed by atoms with Crippen LogP contribution in [0, 0.1) is 12.8 Å². The first-order chi connectivity index (χ1) is 9.13. The highest BCUT2D eigenvalue weighted by Crippen LogP contribution is 2.17. The number of benzene rings is 1. The molecule has 19 heavy (non-hydrogen) atoms. The maximum Gasteiger partial charge on any atom is 0.0714 e. The summed E-state index contributed by atoms with van der Waals surface area (Å²) in [6.07, 6.45) is 2.81. The lowest BCUT2D eigenvalue weighted by Crippen LogP contribution is -2.23. The summed E-state index contributed by atoms with van der Waals surface area (Å²) >= 11 is 0. The summed E-state index contributed by atoms with van der Waals surface area (Å²) in [6.45, 7) is 10.9. The smallest absolute Gasteiger partial charge is 0.0714 e. The standard InChI is InChI=1S/C17H27NO/c1-14(2)8-10-19-17-7-9-18(13-17)12-16-6-4-5-15(3)11-16/h4-6,11,14,17H,7-10,12-13H2,1-3H3. The van der Waals surface area contributed by atoms with E-state index in [2.05, 4.69) is 49.9 Å². The fourth-order valence-corrected chi connectivity index (χ4v) is 2.62. The lowest BCUT2D eigenvalue weighted by Gasteiger charge is -2.17. The van der Waals surface area contributed by atoms with Crippen molar-refractivity contribution in [3.8, 4) is 0 Å². The van der Waals surface area contributed by atoms with Gasteiger partial charge >= 0.3 is 0 Å². The highest BCUT2D eigenvalue weighted by Gasteiger charge is 2.22. The maximum atomic E-state index is 5.96. The predicted molar refractivity (Wildman–Crippen MR) is 80.3 cm³/mol. The Balaban J connectivity index is 1.73. The van der Waals surface area contributed by atoms with E-state index < -0.39 is 0 Å². The van der Waals surface area contributed by atoms with Gasteiger partial charge < -0.3 is 4.74 Å². The fraction of sp³-hybridized carbons (Fsp3) is 0.647. The van der Waals surface area contributed by atoms with E-state index >= 15 is 0 Å². The average molecular weight is 261 g/mol. The van der Waals surface area contributed by atoms with Gasteiger partial charge in [0.2, 0.25) is 0 Å². The molecule has 2 heteroatoms. The van der Waals surface area contributed by atoms with Crippen LogP contribution in [0.15, 0.2) is 24.3 Å². The predicted octanol–water partition coefficient (Wildman–Crippen LogP) is 3.63. The van der Waals surface area contributed by atoms with Gasteiger partial charge in [-0.3, -0.25) is 4.90 Å². The van der Waals surface area contributed by atoms with Crippen molar-refractivity contribution in [2.75, 3.05) is 19.7 Å². The van der Waals surface area contributed by atoms with Crippen LogP contribution >= 0.6 is 0 Å². The molecule has 0 radical (unpaired) electrons. The van der Waals surface area contributed by atoms with E-state index in [-0.39, 0.29) is 0 Å². The second-order valence-corrected chi connectivity index (χ2v) is 6.19. The first kappa shape index (κ1) is 14.5. The molecule has 0 aliphatic carbocycles. The number of rotatable bonds is 6. The largest absolute Gasteiger partial charge is 0.377 e. The molecule has 0 spiro atoms. The molecule has 1 heterocycles. The monoisotopic (exact) mass is 261 g/mol. The van der Waals surface area contributed by atoms with Crippen molar-refractivity contribution in [1.29, 1.82) is 0 Å². The summed E-state index contributed by atoms with van der Waals surface area (Å²) in [5.74, 6) is 0.741. The summed E-state index contributed by atoms with van der Waals surface area (Å²) in [7, 11) is 0. The van der Waals surface area contributed by atoms with Gasteiger partial charge in [0.15, 0.2) is 0 Å². The third-order valence-electron chi connectivity index (χ3n) is 3.77. The Labute approximate surface area is 117 Å². The van der Waals surface area contributed by atoms with Crippen LogP contribution in [0.1, 0.15) is 37.8 Å². The molecule has 1 fully saturated rings. The summed E-state index contributed by atoms with van der Waals surface area (Å²) in [5, 5.41) is 0. The van der Waals surface area contributed by atoms with Gasteiger partial charge in [-0.2, -0.15) is 0 Å². The lowest BCUT2D eigenvalue weighted by atomic mass is 10.1. The van der Waals surface area contributed by atoms with Crippen molar-refractivity contribution in [3.63, 3.8) is 0 Å². The van der Waals surface area contributed by atoms with E-state index in [1.54, 1.807) is 0 Å². The molecule has 1 aromatic rings. The highest BCUT2D eigenvalue weighted by atomic mass is 16.5. The van der Waals surface area contributed by atoms with Gasteiger partial charge in [-0.05, 0) is 31.2 Å². The van der Waals surface area contributed by atoms with Crippen molar-refractivity contribution in [2.24, 2.45) is 5.92 Å². The molecule has 0 amide bonds. The second kappa shape index (κ2) is 7.06. The van der Waals surface area contributed by atoms with Crippen LogP contribution in [0.2, 0.25) is 0 Å². The molecular formula is C17H27NO.